The Labute approximate surface area is 257 Å². The van der Waals surface area contributed by atoms with Crippen molar-refractivity contribution < 1.29 is 25.5 Å². The van der Waals surface area contributed by atoms with Crippen molar-refractivity contribution in [2.45, 2.75) is 0 Å². The summed E-state index contributed by atoms with van der Waals surface area (Å²) in [5.74, 6) is -4.28. The number of fused-ring (bicyclic) bond motifs is 4. The molecular weight excluding hydrogens is 560 g/mol. The Morgan fingerprint density at radius 1 is 0.289 bits per heavy atom. The number of rotatable bonds is 3. The van der Waals surface area contributed by atoms with Gasteiger partial charge in [0.2, 0.25) is 17.2 Å². The van der Waals surface area contributed by atoms with Crippen LogP contribution in [0.25, 0.3) is 76.5 Å². The topological polar surface area (TPSA) is 101 Å². The molecule has 0 unspecified atom stereocenters. The Bertz CT molecular complexity index is 2460. The Balaban J connectivity index is 1.56. The average molecular weight is 587 g/mol. The zero-order chi connectivity index (χ0) is 30.8. The van der Waals surface area contributed by atoms with Crippen molar-refractivity contribution in [3.63, 3.8) is 0 Å². The lowest BCUT2D eigenvalue weighted by atomic mass is 9.83. The quantitative estimate of drug-likeness (QED) is 0.0806. The molecule has 0 atom stereocenters. The zero-order valence-corrected chi connectivity index (χ0v) is 23.9. The highest BCUT2D eigenvalue weighted by Gasteiger charge is 2.26. The largest absolute Gasteiger partial charge is 0.504 e. The van der Waals surface area contributed by atoms with Gasteiger partial charge in [0, 0.05) is 0 Å². The minimum Gasteiger partial charge on any atom is -0.504 e. The molecule has 0 aliphatic rings. The van der Waals surface area contributed by atoms with Crippen LogP contribution < -0.4 is 0 Å². The van der Waals surface area contributed by atoms with Gasteiger partial charge in [0.05, 0.1) is 5.56 Å². The van der Waals surface area contributed by atoms with Crippen LogP contribution >= 0.6 is 0 Å². The van der Waals surface area contributed by atoms with Crippen molar-refractivity contribution in [3.05, 3.63) is 127 Å². The van der Waals surface area contributed by atoms with Crippen LogP contribution in [0.4, 0.5) is 0 Å². The standard InChI is InChI=1S/C40H26O5/c41-36-34(37(42)39(44)40(45)38(36)43)26-18-19-31-32(21-26)33(25-17-16-22-8-1-2-10-24(22)20-25)29-13-5-6-14-30(29)35(31)28-15-7-11-23-9-3-4-12-27(23)28/h1-21,41-45H. The third-order valence-electron chi connectivity index (χ3n) is 8.78. The van der Waals surface area contributed by atoms with E-state index in [4.69, 9.17) is 0 Å². The Morgan fingerprint density at radius 3 is 1.53 bits per heavy atom. The van der Waals surface area contributed by atoms with Crippen LogP contribution in [-0.2, 0) is 0 Å². The maximum atomic E-state index is 10.9. The molecule has 0 aliphatic heterocycles. The van der Waals surface area contributed by atoms with Gasteiger partial charge in [0.1, 0.15) is 0 Å². The smallest absolute Gasteiger partial charge is 0.208 e. The lowest BCUT2D eigenvalue weighted by molar-refractivity contribution is 0.330. The second-order valence-electron chi connectivity index (χ2n) is 11.3. The van der Waals surface area contributed by atoms with E-state index in [-0.39, 0.29) is 5.56 Å². The predicted octanol–water partition coefficient (Wildman–Crippen LogP) is 9.83. The molecular formula is C40H26O5. The second kappa shape index (κ2) is 9.93. The molecule has 0 radical (unpaired) electrons. The van der Waals surface area contributed by atoms with E-state index in [1.54, 1.807) is 6.07 Å². The summed E-state index contributed by atoms with van der Waals surface area (Å²) in [4.78, 5) is 0. The molecule has 0 aliphatic carbocycles. The molecule has 0 amide bonds. The first kappa shape index (κ1) is 26.4. The van der Waals surface area contributed by atoms with Crippen LogP contribution in [0.15, 0.2) is 127 Å². The fourth-order valence-corrected chi connectivity index (χ4v) is 6.68. The zero-order valence-electron chi connectivity index (χ0n) is 23.9. The lowest BCUT2D eigenvalue weighted by Crippen LogP contribution is -1.93. The first-order chi connectivity index (χ1) is 21.9. The molecule has 0 spiro atoms. The Morgan fingerprint density at radius 2 is 0.800 bits per heavy atom. The fraction of sp³-hybridized carbons (Fsp3) is 0. The van der Waals surface area contributed by atoms with E-state index in [0.29, 0.717) is 5.56 Å². The van der Waals surface area contributed by atoms with Gasteiger partial charge in [-0.05, 0) is 83.0 Å². The maximum Gasteiger partial charge on any atom is 0.208 e. The van der Waals surface area contributed by atoms with Crippen molar-refractivity contribution in [1.29, 1.82) is 0 Å². The lowest BCUT2D eigenvalue weighted by Gasteiger charge is -2.20. The monoisotopic (exact) mass is 586 g/mol. The average Bonchev–Trinajstić information content (AvgIpc) is 3.08. The molecule has 8 aromatic rings. The SMILES string of the molecule is Oc1c(O)c(O)c(-c2ccc3c(-c4cccc5ccccc45)c4ccccc4c(-c4ccc5ccccc5c4)c3c2)c(O)c1O. The summed E-state index contributed by atoms with van der Waals surface area (Å²) in [6.07, 6.45) is 0. The molecule has 0 saturated heterocycles. The van der Waals surface area contributed by atoms with Crippen molar-refractivity contribution >= 4 is 43.1 Å². The van der Waals surface area contributed by atoms with Crippen LogP contribution in [0.5, 0.6) is 28.7 Å². The highest BCUT2D eigenvalue weighted by Crippen LogP contribution is 2.55. The van der Waals surface area contributed by atoms with Gasteiger partial charge in [0.15, 0.2) is 11.5 Å². The molecule has 5 nitrogen and oxygen atoms in total. The summed E-state index contributed by atoms with van der Waals surface area (Å²) < 4.78 is 0. The number of benzene rings is 8. The normalized spacial score (nSPS) is 11.6. The summed E-state index contributed by atoms with van der Waals surface area (Å²) in [5, 5.41) is 60.8. The predicted molar refractivity (Wildman–Crippen MR) is 181 cm³/mol. The third kappa shape index (κ3) is 3.95. The molecule has 0 fully saturated rings. The molecule has 216 valence electrons. The van der Waals surface area contributed by atoms with E-state index >= 15 is 0 Å². The van der Waals surface area contributed by atoms with Crippen molar-refractivity contribution in [2.75, 3.05) is 0 Å². The fourth-order valence-electron chi connectivity index (χ4n) is 6.68. The molecule has 5 N–H and O–H groups in total. The molecule has 8 aromatic carbocycles. The molecule has 5 heteroatoms. The van der Waals surface area contributed by atoms with Crippen LogP contribution in [0, 0.1) is 0 Å². The van der Waals surface area contributed by atoms with Crippen LogP contribution in [0.3, 0.4) is 0 Å². The van der Waals surface area contributed by atoms with Gasteiger partial charge >= 0.3 is 0 Å². The molecule has 0 heterocycles. The summed E-state index contributed by atoms with van der Waals surface area (Å²) in [5.41, 5.74) is 4.22. The number of aromatic hydroxyl groups is 5. The van der Waals surface area contributed by atoms with Gasteiger partial charge < -0.3 is 25.5 Å². The third-order valence-corrected chi connectivity index (χ3v) is 8.78. The van der Waals surface area contributed by atoms with E-state index in [0.717, 1.165) is 65.3 Å². The summed E-state index contributed by atoms with van der Waals surface area (Å²) >= 11 is 0. The number of phenols is 5. The molecule has 0 aromatic heterocycles. The Kier molecular flexibility index (Phi) is 5.83. The first-order valence-corrected chi connectivity index (χ1v) is 14.6. The second-order valence-corrected chi connectivity index (χ2v) is 11.3. The van der Waals surface area contributed by atoms with E-state index in [1.807, 2.05) is 48.5 Å². The van der Waals surface area contributed by atoms with Gasteiger partial charge in [-0.3, -0.25) is 0 Å². The van der Waals surface area contributed by atoms with E-state index < -0.39 is 28.7 Å². The maximum absolute atomic E-state index is 10.9. The first-order valence-electron chi connectivity index (χ1n) is 14.6. The van der Waals surface area contributed by atoms with Crippen LogP contribution in [0.2, 0.25) is 0 Å². The van der Waals surface area contributed by atoms with Gasteiger partial charge in [-0.2, -0.15) is 0 Å². The number of phenolic OH excluding ortho intramolecular Hbond substituents is 5. The molecule has 0 bridgehead atoms. The van der Waals surface area contributed by atoms with E-state index in [1.165, 1.54) is 0 Å². The molecule has 8 rings (SSSR count). The van der Waals surface area contributed by atoms with Crippen LogP contribution in [0.1, 0.15) is 0 Å². The van der Waals surface area contributed by atoms with E-state index in [9.17, 15) is 25.5 Å². The van der Waals surface area contributed by atoms with Crippen molar-refractivity contribution in [1.82, 2.24) is 0 Å². The van der Waals surface area contributed by atoms with Gasteiger partial charge in [0.25, 0.3) is 0 Å². The van der Waals surface area contributed by atoms with Crippen molar-refractivity contribution in [2.24, 2.45) is 0 Å². The molecule has 0 saturated carbocycles. The molecule has 45 heavy (non-hydrogen) atoms. The number of hydrogen-bond acceptors (Lipinski definition) is 5. The summed E-state index contributed by atoms with van der Waals surface area (Å²) in [6.45, 7) is 0. The summed E-state index contributed by atoms with van der Waals surface area (Å²) in [6, 6.07) is 42.9. The van der Waals surface area contributed by atoms with Crippen molar-refractivity contribution in [3.8, 4) is 62.1 Å². The highest BCUT2D eigenvalue weighted by atomic mass is 16.4. The van der Waals surface area contributed by atoms with Crippen LogP contribution in [-0.4, -0.2) is 25.5 Å². The minimum atomic E-state index is -0.990. The van der Waals surface area contributed by atoms with Gasteiger partial charge in [-0.25, -0.2) is 0 Å². The van der Waals surface area contributed by atoms with Gasteiger partial charge in [-0.1, -0.05) is 115 Å². The number of hydrogen-bond donors (Lipinski definition) is 5. The van der Waals surface area contributed by atoms with Gasteiger partial charge in [-0.15, -0.1) is 0 Å². The van der Waals surface area contributed by atoms with E-state index in [2.05, 4.69) is 72.8 Å². The Hall–Kier alpha value is -6.20. The minimum absolute atomic E-state index is 0.186. The summed E-state index contributed by atoms with van der Waals surface area (Å²) in [7, 11) is 0. The highest BCUT2D eigenvalue weighted by molar-refractivity contribution is 6.24.